The van der Waals surface area contributed by atoms with Crippen LogP contribution in [-0.4, -0.2) is 42.3 Å². The molecule has 0 aliphatic carbocycles. The van der Waals surface area contributed by atoms with Crippen LogP contribution in [0, 0.1) is 12.8 Å². The van der Waals surface area contributed by atoms with Crippen LogP contribution >= 0.6 is 0 Å². The van der Waals surface area contributed by atoms with E-state index in [-0.39, 0.29) is 36.7 Å². The van der Waals surface area contributed by atoms with Crippen LogP contribution < -0.4 is 10.6 Å². The number of carbonyl (C=O) groups is 3. The number of rotatable bonds is 12. The van der Waals surface area contributed by atoms with Gasteiger partial charge in [-0.25, -0.2) is 0 Å². The number of benzene rings is 1. The summed E-state index contributed by atoms with van der Waals surface area (Å²) in [5, 5.41) is 5.36. The molecule has 0 fully saturated rings. The fourth-order valence-corrected chi connectivity index (χ4v) is 3.00. The first-order valence-corrected chi connectivity index (χ1v) is 10.3. The highest BCUT2D eigenvalue weighted by Gasteiger charge is 2.23. The van der Waals surface area contributed by atoms with Gasteiger partial charge in [0, 0.05) is 18.2 Å². The number of unbranched alkanes of at least 4 members (excludes halogenated alkanes) is 1. The van der Waals surface area contributed by atoms with Gasteiger partial charge in [0.05, 0.1) is 13.1 Å². The quantitative estimate of drug-likeness (QED) is 0.574. The molecule has 0 spiro atoms. The average molecular weight is 390 g/mol. The van der Waals surface area contributed by atoms with E-state index in [0.29, 0.717) is 12.2 Å². The van der Waals surface area contributed by atoms with Gasteiger partial charge in [-0.2, -0.15) is 0 Å². The average Bonchev–Trinajstić information content (AvgIpc) is 2.68. The number of hydrogen-bond acceptors (Lipinski definition) is 3. The lowest BCUT2D eigenvalue weighted by molar-refractivity contribution is -0.140. The largest absolute Gasteiger partial charge is 0.345 e. The summed E-state index contributed by atoms with van der Waals surface area (Å²) >= 11 is 0. The normalized spacial score (nSPS) is 11.6. The van der Waals surface area contributed by atoms with Crippen LogP contribution in [0.4, 0.5) is 5.69 Å². The molecule has 156 valence electrons. The van der Waals surface area contributed by atoms with E-state index < -0.39 is 0 Å². The maximum atomic E-state index is 12.8. The van der Waals surface area contributed by atoms with Crippen molar-refractivity contribution in [2.24, 2.45) is 5.92 Å². The number of carbonyl (C=O) groups excluding carboxylic acids is 3. The van der Waals surface area contributed by atoms with Crippen LogP contribution in [0.5, 0.6) is 0 Å². The molecule has 6 heteroatoms. The molecular formula is C22H35N3O3. The first kappa shape index (κ1) is 23.7. The summed E-state index contributed by atoms with van der Waals surface area (Å²) in [4.78, 5) is 38.7. The molecule has 0 aliphatic rings. The van der Waals surface area contributed by atoms with Crippen molar-refractivity contribution in [3.63, 3.8) is 0 Å². The fourth-order valence-electron chi connectivity index (χ4n) is 3.00. The van der Waals surface area contributed by atoms with Crippen molar-refractivity contribution >= 4 is 23.4 Å². The summed E-state index contributed by atoms with van der Waals surface area (Å²) in [6.07, 6.45) is 4.48. The van der Waals surface area contributed by atoms with Crippen LogP contribution in [0.25, 0.3) is 0 Å². The summed E-state index contributed by atoms with van der Waals surface area (Å²) in [5.74, 6) is -0.604. The Morgan fingerprint density at radius 3 is 2.25 bits per heavy atom. The molecule has 1 rings (SSSR count). The van der Waals surface area contributed by atoms with Gasteiger partial charge in [-0.3, -0.25) is 14.4 Å². The van der Waals surface area contributed by atoms with Crippen molar-refractivity contribution in [2.45, 2.75) is 59.8 Å². The van der Waals surface area contributed by atoms with E-state index in [2.05, 4.69) is 17.6 Å². The first-order valence-electron chi connectivity index (χ1n) is 10.3. The Morgan fingerprint density at radius 1 is 1.00 bits per heavy atom. The Morgan fingerprint density at radius 2 is 1.68 bits per heavy atom. The lowest BCUT2D eigenvalue weighted by atomic mass is 9.97. The van der Waals surface area contributed by atoms with E-state index in [4.69, 9.17) is 0 Å². The summed E-state index contributed by atoms with van der Waals surface area (Å²) in [6, 6.07) is 7.45. The number of aryl methyl sites for hydroxylation is 1. The third kappa shape index (κ3) is 8.55. The Kier molecular flexibility index (Phi) is 10.9. The van der Waals surface area contributed by atoms with Gasteiger partial charge in [-0.1, -0.05) is 51.3 Å². The smallest absolute Gasteiger partial charge is 0.243 e. The van der Waals surface area contributed by atoms with E-state index in [0.717, 1.165) is 37.7 Å². The summed E-state index contributed by atoms with van der Waals surface area (Å²) in [6.45, 7) is 8.50. The van der Waals surface area contributed by atoms with Gasteiger partial charge in [-0.15, -0.1) is 0 Å². The minimum atomic E-state index is -0.314. The maximum absolute atomic E-state index is 12.8. The van der Waals surface area contributed by atoms with Crippen molar-refractivity contribution in [1.82, 2.24) is 10.2 Å². The molecule has 0 saturated carbocycles. The molecule has 3 amide bonds. The number of hydrogen-bond donors (Lipinski definition) is 2. The number of anilines is 1. The van der Waals surface area contributed by atoms with Crippen molar-refractivity contribution in [1.29, 1.82) is 0 Å². The summed E-state index contributed by atoms with van der Waals surface area (Å²) in [5.41, 5.74) is 1.80. The van der Waals surface area contributed by atoms with Crippen molar-refractivity contribution in [2.75, 3.05) is 25.0 Å². The highest BCUT2D eigenvalue weighted by Crippen LogP contribution is 2.16. The molecule has 6 nitrogen and oxygen atoms in total. The molecule has 1 atom stereocenters. The monoisotopic (exact) mass is 389 g/mol. The highest BCUT2D eigenvalue weighted by atomic mass is 16.2. The first-order chi connectivity index (χ1) is 13.4. The maximum Gasteiger partial charge on any atom is 0.243 e. The van der Waals surface area contributed by atoms with E-state index in [9.17, 15) is 14.4 Å². The van der Waals surface area contributed by atoms with E-state index in [1.54, 1.807) is 4.90 Å². The van der Waals surface area contributed by atoms with Crippen molar-refractivity contribution in [3.05, 3.63) is 29.8 Å². The summed E-state index contributed by atoms with van der Waals surface area (Å²) < 4.78 is 0. The molecule has 1 aromatic carbocycles. The van der Waals surface area contributed by atoms with Crippen LogP contribution in [0.2, 0.25) is 0 Å². The second-order valence-corrected chi connectivity index (χ2v) is 7.20. The molecular weight excluding hydrogens is 354 g/mol. The third-order valence-electron chi connectivity index (χ3n) is 4.67. The van der Waals surface area contributed by atoms with Crippen LogP contribution in [-0.2, 0) is 14.4 Å². The van der Waals surface area contributed by atoms with Crippen LogP contribution in [0.1, 0.15) is 58.4 Å². The van der Waals surface area contributed by atoms with Gasteiger partial charge < -0.3 is 15.5 Å². The van der Waals surface area contributed by atoms with Gasteiger partial charge in [-0.05, 0) is 38.3 Å². The van der Waals surface area contributed by atoms with Gasteiger partial charge >= 0.3 is 0 Å². The predicted molar refractivity (Wildman–Crippen MR) is 113 cm³/mol. The number of nitrogens with zero attached hydrogens (tertiary/aromatic N) is 1. The minimum Gasteiger partial charge on any atom is -0.345 e. The second kappa shape index (κ2) is 12.9. The van der Waals surface area contributed by atoms with Gasteiger partial charge in [0.2, 0.25) is 17.7 Å². The highest BCUT2D eigenvalue weighted by molar-refractivity contribution is 5.95. The zero-order valence-electron chi connectivity index (χ0n) is 17.7. The number of amides is 3. The molecule has 2 N–H and O–H groups in total. The molecule has 0 radical (unpaired) electrons. The van der Waals surface area contributed by atoms with Crippen molar-refractivity contribution in [3.8, 4) is 0 Å². The Labute approximate surface area is 169 Å². The van der Waals surface area contributed by atoms with Gasteiger partial charge in [0.15, 0.2) is 0 Å². The zero-order chi connectivity index (χ0) is 20.9. The molecule has 0 unspecified atom stereocenters. The topological polar surface area (TPSA) is 78.5 Å². The fraction of sp³-hybridized carbons (Fsp3) is 0.591. The van der Waals surface area contributed by atoms with E-state index in [1.165, 1.54) is 0 Å². The molecule has 28 heavy (non-hydrogen) atoms. The third-order valence-corrected chi connectivity index (χ3v) is 4.67. The molecule has 0 heterocycles. The molecule has 0 bridgehead atoms. The second-order valence-electron chi connectivity index (χ2n) is 7.20. The molecule has 1 aromatic rings. The zero-order valence-corrected chi connectivity index (χ0v) is 17.7. The molecule has 0 aromatic heterocycles. The Balaban J connectivity index is 2.52. The van der Waals surface area contributed by atoms with E-state index in [1.807, 2.05) is 45.0 Å². The lowest BCUT2D eigenvalue weighted by Crippen LogP contribution is -2.45. The Hall–Kier alpha value is -2.37. The van der Waals surface area contributed by atoms with Crippen LogP contribution in [0.3, 0.4) is 0 Å². The standard InChI is InChI=1S/C22H35N3O3/c1-5-8-9-18(7-3)22(28)25(14-6-2)16-21(27)23-15-20(26)24-19-12-10-17(4)11-13-19/h10-13,18H,5-9,14-16H2,1-4H3,(H,23,27)(H,24,26)/t18-/m0/s1. The minimum absolute atomic E-state index is 0.00684. The number of nitrogens with one attached hydrogen (secondary N) is 2. The van der Waals surface area contributed by atoms with Gasteiger partial charge in [0.25, 0.3) is 0 Å². The molecule has 0 aliphatic heterocycles. The Bertz CT molecular complexity index is 628. The molecule has 0 saturated heterocycles. The lowest BCUT2D eigenvalue weighted by Gasteiger charge is -2.26. The van der Waals surface area contributed by atoms with Crippen LogP contribution in [0.15, 0.2) is 24.3 Å². The predicted octanol–water partition coefficient (Wildman–Crippen LogP) is 3.50. The van der Waals surface area contributed by atoms with E-state index >= 15 is 0 Å². The summed E-state index contributed by atoms with van der Waals surface area (Å²) in [7, 11) is 0. The van der Waals surface area contributed by atoms with Gasteiger partial charge in [0.1, 0.15) is 0 Å². The van der Waals surface area contributed by atoms with Crippen molar-refractivity contribution < 1.29 is 14.4 Å². The SMILES string of the molecule is CCCC[C@H](CC)C(=O)N(CCC)CC(=O)NCC(=O)Nc1ccc(C)cc1.